The molecule has 0 aliphatic rings. The maximum absolute atomic E-state index is 3.83. The van der Waals surface area contributed by atoms with Crippen molar-refractivity contribution in [1.29, 1.82) is 0 Å². The summed E-state index contributed by atoms with van der Waals surface area (Å²) in [6.07, 6.45) is 9.40. The minimum Gasteiger partial charge on any atom is -0.162 e. The Bertz CT molecular complexity index is 61.4. The van der Waals surface area contributed by atoms with E-state index in [4.69, 9.17) is 0 Å². The van der Waals surface area contributed by atoms with Crippen molar-refractivity contribution in [2.75, 3.05) is 11.5 Å². The Morgan fingerprint density at radius 3 is 2.17 bits per heavy atom. The Morgan fingerprint density at radius 1 is 0.917 bits per heavy atom. The van der Waals surface area contributed by atoms with Crippen LogP contribution in [0.15, 0.2) is 0 Å². The lowest BCUT2D eigenvalue weighted by molar-refractivity contribution is 0.706. The molecule has 0 fully saturated rings. The molecule has 0 bridgehead atoms. The molecule has 0 nitrogen and oxygen atoms in total. The first kappa shape index (κ1) is 12.3. The Kier molecular flexibility index (Phi) is 11.7. The van der Waals surface area contributed by atoms with E-state index in [1.807, 2.05) is 0 Å². The molecule has 0 aliphatic heterocycles. The van der Waals surface area contributed by atoms with Crippen LogP contribution in [0, 0.1) is 6.92 Å². The fourth-order valence-corrected chi connectivity index (χ4v) is 2.13. The first-order chi connectivity index (χ1) is 5.91. The van der Waals surface area contributed by atoms with Gasteiger partial charge in [-0.3, -0.25) is 0 Å². The third-order valence-electron chi connectivity index (χ3n) is 1.93. The summed E-state index contributed by atoms with van der Waals surface area (Å²) in [7, 11) is 0. The van der Waals surface area contributed by atoms with Gasteiger partial charge in [-0.25, -0.2) is 0 Å². The smallest absolute Gasteiger partial charge is 0.00675 e. The molecule has 1 radical (unpaired) electrons. The average molecular weight is 187 g/mol. The Labute approximate surface area is 82.5 Å². The van der Waals surface area contributed by atoms with Crippen molar-refractivity contribution in [1.82, 2.24) is 0 Å². The topological polar surface area (TPSA) is 0 Å². The number of rotatable bonds is 9. The van der Waals surface area contributed by atoms with E-state index < -0.39 is 0 Å². The first-order valence-electron chi connectivity index (χ1n) is 5.28. The van der Waals surface area contributed by atoms with E-state index in [1.54, 1.807) is 0 Å². The summed E-state index contributed by atoms with van der Waals surface area (Å²) in [6.45, 7) is 6.10. The number of unbranched alkanes of at least 4 members (excludes halogenated alkanes) is 5. The van der Waals surface area contributed by atoms with Gasteiger partial charge in [-0.05, 0) is 24.3 Å². The summed E-state index contributed by atoms with van der Waals surface area (Å²) in [6, 6.07) is 0. The quantitative estimate of drug-likeness (QED) is 0.485. The minimum absolute atomic E-state index is 1.11. The molecule has 0 spiro atoms. The third kappa shape index (κ3) is 10.3. The predicted octanol–water partition coefficient (Wildman–Crippen LogP) is 4.30. The van der Waals surface area contributed by atoms with E-state index in [0.29, 0.717) is 0 Å². The highest BCUT2D eigenvalue weighted by atomic mass is 32.2. The summed E-state index contributed by atoms with van der Waals surface area (Å²) >= 11 is 2.12. The van der Waals surface area contributed by atoms with Crippen LogP contribution in [0.4, 0.5) is 0 Å². The van der Waals surface area contributed by atoms with Gasteiger partial charge in [0.2, 0.25) is 0 Å². The zero-order chi connectivity index (χ0) is 9.07. The van der Waals surface area contributed by atoms with Gasteiger partial charge < -0.3 is 0 Å². The van der Waals surface area contributed by atoms with E-state index in [0.717, 1.165) is 6.42 Å². The van der Waals surface area contributed by atoms with Crippen molar-refractivity contribution < 1.29 is 0 Å². The maximum Gasteiger partial charge on any atom is -0.00675 e. The van der Waals surface area contributed by atoms with E-state index in [2.05, 4.69) is 25.6 Å². The molecule has 0 aromatic rings. The second-order valence-corrected chi connectivity index (χ2v) is 4.46. The van der Waals surface area contributed by atoms with Crippen LogP contribution >= 0.6 is 11.8 Å². The highest BCUT2D eigenvalue weighted by Gasteiger charge is 1.90. The normalized spacial score (nSPS) is 10.5. The summed E-state index contributed by atoms with van der Waals surface area (Å²) in [5, 5.41) is 0. The highest BCUT2D eigenvalue weighted by Crippen LogP contribution is 2.10. The zero-order valence-corrected chi connectivity index (χ0v) is 9.30. The fourth-order valence-electron chi connectivity index (χ4n) is 1.11. The minimum atomic E-state index is 1.11. The second-order valence-electron chi connectivity index (χ2n) is 3.23. The van der Waals surface area contributed by atoms with Crippen molar-refractivity contribution in [3.63, 3.8) is 0 Å². The Morgan fingerprint density at radius 2 is 1.58 bits per heavy atom. The average Bonchev–Trinajstić information content (AvgIpc) is 2.10. The van der Waals surface area contributed by atoms with Gasteiger partial charge >= 0.3 is 0 Å². The first-order valence-corrected chi connectivity index (χ1v) is 6.44. The van der Waals surface area contributed by atoms with E-state index >= 15 is 0 Å². The van der Waals surface area contributed by atoms with Crippen LogP contribution in [0.3, 0.4) is 0 Å². The van der Waals surface area contributed by atoms with Crippen molar-refractivity contribution in [2.24, 2.45) is 0 Å². The van der Waals surface area contributed by atoms with Crippen molar-refractivity contribution >= 4 is 11.8 Å². The maximum atomic E-state index is 3.83. The number of hydrogen-bond donors (Lipinski definition) is 0. The molecule has 1 heteroatoms. The van der Waals surface area contributed by atoms with Gasteiger partial charge in [0.15, 0.2) is 0 Å². The number of hydrogen-bond acceptors (Lipinski definition) is 1. The molecule has 0 aliphatic carbocycles. The van der Waals surface area contributed by atoms with Crippen LogP contribution in [0.1, 0.15) is 51.9 Å². The molecule has 0 rings (SSSR count). The van der Waals surface area contributed by atoms with Crippen LogP contribution in [-0.4, -0.2) is 11.5 Å². The van der Waals surface area contributed by atoms with Crippen LogP contribution in [0.25, 0.3) is 0 Å². The zero-order valence-electron chi connectivity index (χ0n) is 8.48. The fraction of sp³-hybridized carbons (Fsp3) is 0.909. The lowest BCUT2D eigenvalue weighted by Gasteiger charge is -2.00. The van der Waals surface area contributed by atoms with E-state index in [1.165, 1.54) is 50.0 Å². The van der Waals surface area contributed by atoms with Crippen LogP contribution in [0.5, 0.6) is 0 Å². The van der Waals surface area contributed by atoms with Crippen molar-refractivity contribution in [2.45, 2.75) is 51.9 Å². The van der Waals surface area contributed by atoms with Crippen LogP contribution in [-0.2, 0) is 0 Å². The molecule has 73 valence electrons. The molecule has 0 aromatic carbocycles. The molecule has 0 aromatic heterocycles. The molecular weight excluding hydrogens is 164 g/mol. The molecule has 0 saturated heterocycles. The Balaban J connectivity index is 2.73. The molecular formula is C11H23S. The van der Waals surface area contributed by atoms with Gasteiger partial charge in [0, 0.05) is 0 Å². The van der Waals surface area contributed by atoms with Crippen molar-refractivity contribution in [3.8, 4) is 0 Å². The van der Waals surface area contributed by atoms with Crippen LogP contribution < -0.4 is 0 Å². The molecule has 0 heterocycles. The molecule has 0 atom stereocenters. The standard InChI is InChI=1S/C11H23S/c1-3-5-7-9-11-12-10-8-6-4-2/h2-11H2,1H3. The van der Waals surface area contributed by atoms with Gasteiger partial charge in [0.1, 0.15) is 0 Å². The molecule has 0 N–H and O–H groups in total. The Hall–Kier alpha value is 0.350. The lowest BCUT2D eigenvalue weighted by Crippen LogP contribution is -1.84. The van der Waals surface area contributed by atoms with Gasteiger partial charge in [0.25, 0.3) is 0 Å². The molecule has 0 unspecified atom stereocenters. The van der Waals surface area contributed by atoms with Crippen LogP contribution in [0.2, 0.25) is 0 Å². The summed E-state index contributed by atoms with van der Waals surface area (Å²) < 4.78 is 0. The van der Waals surface area contributed by atoms with E-state index in [9.17, 15) is 0 Å². The summed E-state index contributed by atoms with van der Waals surface area (Å²) in [4.78, 5) is 0. The largest absolute Gasteiger partial charge is 0.162 e. The highest BCUT2D eigenvalue weighted by molar-refractivity contribution is 7.99. The molecule has 0 saturated carbocycles. The van der Waals surface area contributed by atoms with Crippen molar-refractivity contribution in [3.05, 3.63) is 6.92 Å². The third-order valence-corrected chi connectivity index (χ3v) is 3.09. The SMILES string of the molecule is [CH2]CCCCSCCCCCC. The van der Waals surface area contributed by atoms with Gasteiger partial charge in [0.05, 0.1) is 0 Å². The van der Waals surface area contributed by atoms with Gasteiger partial charge in [-0.2, -0.15) is 11.8 Å². The van der Waals surface area contributed by atoms with E-state index in [-0.39, 0.29) is 0 Å². The second kappa shape index (κ2) is 11.4. The summed E-state index contributed by atoms with van der Waals surface area (Å²) in [5.74, 6) is 2.72. The monoisotopic (exact) mass is 187 g/mol. The molecule has 12 heavy (non-hydrogen) atoms. The number of thioether (sulfide) groups is 1. The lowest BCUT2D eigenvalue weighted by atomic mass is 10.2. The predicted molar refractivity (Wildman–Crippen MR) is 60.7 cm³/mol. The summed E-state index contributed by atoms with van der Waals surface area (Å²) in [5.41, 5.74) is 0. The van der Waals surface area contributed by atoms with Gasteiger partial charge in [-0.15, -0.1) is 0 Å². The van der Waals surface area contributed by atoms with Gasteiger partial charge in [-0.1, -0.05) is 46.0 Å². The molecule has 0 amide bonds.